The van der Waals surface area contributed by atoms with Crippen molar-refractivity contribution in [2.24, 2.45) is 0 Å². The number of carbonyl (C=O) groups is 3. The van der Waals surface area contributed by atoms with E-state index in [0.717, 1.165) is 0 Å². The molecule has 6 nitrogen and oxygen atoms in total. The van der Waals surface area contributed by atoms with E-state index in [-0.39, 0.29) is 33.2 Å². The van der Waals surface area contributed by atoms with Crippen molar-refractivity contribution >= 4 is 29.4 Å². The van der Waals surface area contributed by atoms with Gasteiger partial charge < -0.3 is 9.57 Å². The number of benzene rings is 3. The van der Waals surface area contributed by atoms with Crippen LogP contribution in [0.15, 0.2) is 66.7 Å². The van der Waals surface area contributed by atoms with Crippen LogP contribution in [0.2, 0.25) is 5.02 Å². The first-order valence-electron chi connectivity index (χ1n) is 8.37. The number of imide groups is 1. The van der Waals surface area contributed by atoms with Gasteiger partial charge in [-0.25, -0.2) is 9.18 Å². The van der Waals surface area contributed by atoms with Gasteiger partial charge in [0.1, 0.15) is 22.9 Å². The molecule has 0 aliphatic carbocycles. The average Bonchev–Trinajstić information content (AvgIpc) is 2.96. The van der Waals surface area contributed by atoms with E-state index in [1.165, 1.54) is 54.6 Å². The molecule has 3 aromatic carbocycles. The van der Waals surface area contributed by atoms with Crippen molar-refractivity contribution < 1.29 is 28.3 Å². The lowest BCUT2D eigenvalue weighted by atomic mass is 10.1. The van der Waals surface area contributed by atoms with Gasteiger partial charge in [-0.15, -0.1) is 0 Å². The highest BCUT2D eigenvalue weighted by Crippen LogP contribution is 2.30. The monoisotopic (exact) mass is 411 g/mol. The van der Waals surface area contributed by atoms with Gasteiger partial charge in [0.2, 0.25) is 0 Å². The number of ether oxygens (including phenoxy) is 1. The lowest BCUT2D eigenvalue weighted by Gasteiger charge is -2.15. The molecular formula is C21H11ClFNO5. The van der Waals surface area contributed by atoms with Gasteiger partial charge in [0.05, 0.1) is 11.1 Å². The predicted octanol–water partition coefficient (Wildman–Crippen LogP) is 4.64. The van der Waals surface area contributed by atoms with Gasteiger partial charge in [-0.1, -0.05) is 28.8 Å². The summed E-state index contributed by atoms with van der Waals surface area (Å²) in [5.74, 6) is -2.63. The van der Waals surface area contributed by atoms with E-state index >= 15 is 0 Å². The number of rotatable bonds is 4. The Kier molecular flexibility index (Phi) is 4.74. The Morgan fingerprint density at radius 1 is 0.897 bits per heavy atom. The zero-order valence-corrected chi connectivity index (χ0v) is 15.4. The summed E-state index contributed by atoms with van der Waals surface area (Å²) in [5.41, 5.74) is 0.164. The summed E-state index contributed by atoms with van der Waals surface area (Å²) in [4.78, 5) is 42.5. The van der Waals surface area contributed by atoms with Crippen molar-refractivity contribution in [1.29, 1.82) is 0 Å². The molecule has 0 bridgehead atoms. The van der Waals surface area contributed by atoms with Gasteiger partial charge in [0.25, 0.3) is 11.8 Å². The Hall–Kier alpha value is -3.71. The molecule has 8 heteroatoms. The van der Waals surface area contributed by atoms with E-state index in [1.54, 1.807) is 12.1 Å². The van der Waals surface area contributed by atoms with Crippen LogP contribution in [-0.4, -0.2) is 22.8 Å². The van der Waals surface area contributed by atoms with Crippen LogP contribution in [-0.2, 0) is 4.84 Å². The maximum atomic E-state index is 13.1. The largest absolute Gasteiger partial charge is 0.456 e. The summed E-state index contributed by atoms with van der Waals surface area (Å²) in [6.07, 6.45) is 0. The molecule has 144 valence electrons. The van der Waals surface area contributed by atoms with Crippen LogP contribution in [0.5, 0.6) is 11.5 Å². The van der Waals surface area contributed by atoms with Crippen molar-refractivity contribution in [3.8, 4) is 11.5 Å². The Morgan fingerprint density at radius 2 is 1.52 bits per heavy atom. The minimum atomic E-state index is -1.01. The van der Waals surface area contributed by atoms with Crippen LogP contribution in [0.1, 0.15) is 31.1 Å². The number of amides is 2. The van der Waals surface area contributed by atoms with Crippen LogP contribution in [0.25, 0.3) is 0 Å². The lowest BCUT2D eigenvalue weighted by molar-refractivity contribution is -0.0586. The second kappa shape index (κ2) is 7.37. The Morgan fingerprint density at radius 3 is 2.14 bits per heavy atom. The Labute approximate surface area is 169 Å². The normalized spacial score (nSPS) is 12.7. The number of fused-ring (bicyclic) bond motifs is 1. The minimum absolute atomic E-state index is 0.0580. The maximum absolute atomic E-state index is 13.1. The highest BCUT2D eigenvalue weighted by molar-refractivity contribution is 6.31. The number of hydroxylamine groups is 2. The molecule has 0 radical (unpaired) electrons. The zero-order valence-electron chi connectivity index (χ0n) is 14.6. The second-order valence-corrected chi connectivity index (χ2v) is 6.46. The summed E-state index contributed by atoms with van der Waals surface area (Å²) in [6.45, 7) is 0. The van der Waals surface area contributed by atoms with Gasteiger partial charge in [0.15, 0.2) is 0 Å². The molecule has 0 spiro atoms. The molecule has 1 aliphatic rings. The van der Waals surface area contributed by atoms with E-state index in [1.807, 2.05) is 0 Å². The van der Waals surface area contributed by atoms with Crippen molar-refractivity contribution in [2.75, 3.05) is 0 Å². The molecule has 0 N–H and O–H groups in total. The van der Waals surface area contributed by atoms with Gasteiger partial charge in [0, 0.05) is 5.02 Å². The molecule has 0 saturated heterocycles. The number of carbonyl (C=O) groups excluding carboxylic acids is 3. The third-order valence-electron chi connectivity index (χ3n) is 4.13. The van der Waals surface area contributed by atoms with Crippen molar-refractivity contribution in [1.82, 2.24) is 5.06 Å². The summed E-state index contributed by atoms with van der Waals surface area (Å²) < 4.78 is 18.7. The molecule has 0 fully saturated rings. The van der Waals surface area contributed by atoms with Crippen LogP contribution < -0.4 is 4.74 Å². The first-order chi connectivity index (χ1) is 13.9. The topological polar surface area (TPSA) is 72.9 Å². The molecule has 4 rings (SSSR count). The van der Waals surface area contributed by atoms with Crippen LogP contribution >= 0.6 is 11.6 Å². The average molecular weight is 412 g/mol. The number of nitrogens with zero attached hydrogens (tertiary/aromatic N) is 1. The molecule has 0 unspecified atom stereocenters. The smallest absolute Gasteiger partial charge is 0.367 e. The minimum Gasteiger partial charge on any atom is -0.456 e. The predicted molar refractivity (Wildman–Crippen MR) is 100 cm³/mol. The summed E-state index contributed by atoms with van der Waals surface area (Å²) in [7, 11) is 0. The summed E-state index contributed by atoms with van der Waals surface area (Å²) in [5, 5.41) is 0.612. The quantitative estimate of drug-likeness (QED) is 0.585. The fourth-order valence-electron chi connectivity index (χ4n) is 2.76. The zero-order chi connectivity index (χ0) is 20.5. The number of halogens is 2. The molecule has 29 heavy (non-hydrogen) atoms. The highest BCUT2D eigenvalue weighted by atomic mass is 35.5. The van der Waals surface area contributed by atoms with E-state index in [9.17, 15) is 18.8 Å². The van der Waals surface area contributed by atoms with Crippen LogP contribution in [0.4, 0.5) is 4.39 Å². The van der Waals surface area contributed by atoms with Crippen LogP contribution in [0.3, 0.4) is 0 Å². The molecular weight excluding hydrogens is 401 g/mol. The molecule has 1 heterocycles. The van der Waals surface area contributed by atoms with Gasteiger partial charge in [-0.2, -0.15) is 0 Å². The molecule has 3 aromatic rings. The first kappa shape index (κ1) is 18.6. The number of hydrogen-bond acceptors (Lipinski definition) is 5. The third kappa shape index (κ3) is 3.55. The summed E-state index contributed by atoms with van der Waals surface area (Å²) >= 11 is 5.97. The van der Waals surface area contributed by atoms with Crippen molar-refractivity contribution in [3.63, 3.8) is 0 Å². The molecule has 0 saturated carbocycles. The van der Waals surface area contributed by atoms with Crippen molar-refractivity contribution in [2.45, 2.75) is 0 Å². The maximum Gasteiger partial charge on any atom is 0.367 e. The fourth-order valence-corrected chi connectivity index (χ4v) is 2.93. The van der Waals surface area contributed by atoms with E-state index in [0.29, 0.717) is 5.06 Å². The lowest BCUT2D eigenvalue weighted by Crippen LogP contribution is -2.32. The molecule has 1 aliphatic heterocycles. The van der Waals surface area contributed by atoms with Crippen LogP contribution in [0, 0.1) is 5.82 Å². The van der Waals surface area contributed by atoms with Crippen molar-refractivity contribution in [3.05, 3.63) is 94.3 Å². The molecule has 0 aromatic heterocycles. The van der Waals surface area contributed by atoms with E-state index in [4.69, 9.17) is 21.2 Å². The van der Waals surface area contributed by atoms with Gasteiger partial charge >= 0.3 is 5.97 Å². The Bertz CT molecular complexity index is 1110. The number of hydrogen-bond donors (Lipinski definition) is 0. The summed E-state index contributed by atoms with van der Waals surface area (Å²) in [6, 6.07) is 15.5. The molecule has 2 amide bonds. The second-order valence-electron chi connectivity index (χ2n) is 6.03. The standard InChI is InChI=1S/C21H11ClFNO5/c22-12-5-10-18(28-14-8-6-13(23)7-9-14)17(11-12)21(27)29-24-19(25)15-3-1-2-4-16(15)20(24)26/h1-11H. The van der Waals surface area contributed by atoms with E-state index < -0.39 is 23.6 Å². The highest BCUT2D eigenvalue weighted by Gasteiger charge is 2.39. The van der Waals surface area contributed by atoms with E-state index in [2.05, 4.69) is 0 Å². The first-order valence-corrected chi connectivity index (χ1v) is 8.75. The SMILES string of the molecule is O=C(ON1C(=O)c2ccccc2C1=O)c1cc(Cl)ccc1Oc1ccc(F)cc1. The third-order valence-corrected chi connectivity index (χ3v) is 4.37. The Balaban J connectivity index is 1.61. The fraction of sp³-hybridized carbons (Fsp3) is 0. The van der Waals surface area contributed by atoms with Gasteiger partial charge in [-0.05, 0) is 54.6 Å². The molecule has 0 atom stereocenters. The van der Waals surface area contributed by atoms with Gasteiger partial charge in [-0.3, -0.25) is 9.59 Å².